The Morgan fingerprint density at radius 2 is 1.90 bits per heavy atom. The minimum absolute atomic E-state index is 0.0680. The van der Waals surface area contributed by atoms with E-state index in [9.17, 15) is 9.59 Å². The highest BCUT2D eigenvalue weighted by molar-refractivity contribution is 5.83. The first-order chi connectivity index (χ1) is 10.1. The molecule has 4 heteroatoms. The monoisotopic (exact) mass is 286 g/mol. The van der Waals surface area contributed by atoms with Gasteiger partial charge >= 0.3 is 0 Å². The number of aromatic amines is 1. The second-order valence-electron chi connectivity index (χ2n) is 5.42. The molecule has 0 radical (unpaired) electrons. The second-order valence-corrected chi connectivity index (χ2v) is 5.42. The molecule has 0 fully saturated rings. The van der Waals surface area contributed by atoms with Crippen molar-refractivity contribution in [2.24, 2.45) is 0 Å². The second kappa shape index (κ2) is 7.07. The van der Waals surface area contributed by atoms with Crippen molar-refractivity contribution in [3.63, 3.8) is 0 Å². The normalized spacial score (nSPS) is 10.8. The molecule has 2 rings (SSSR count). The molecule has 21 heavy (non-hydrogen) atoms. The molecule has 0 bridgehead atoms. The molecule has 0 aliphatic carbocycles. The van der Waals surface area contributed by atoms with Crippen molar-refractivity contribution in [1.29, 1.82) is 0 Å². The van der Waals surface area contributed by atoms with Crippen LogP contribution in [0.3, 0.4) is 0 Å². The molecule has 0 spiro atoms. The Kier molecular flexibility index (Phi) is 5.14. The molecular weight excluding hydrogens is 264 g/mol. The predicted molar refractivity (Wildman–Crippen MR) is 84.2 cm³/mol. The zero-order chi connectivity index (χ0) is 15.2. The summed E-state index contributed by atoms with van der Waals surface area (Å²) in [7, 11) is 0. The van der Waals surface area contributed by atoms with Gasteiger partial charge in [0.25, 0.3) is 0 Å². The summed E-state index contributed by atoms with van der Waals surface area (Å²) in [5.41, 5.74) is 2.35. The SMILES string of the molecule is CC(=O)CCCN(CCc1c[nH]c2ccccc12)C(C)=O. The molecule has 1 N–H and O–H groups in total. The summed E-state index contributed by atoms with van der Waals surface area (Å²) in [4.78, 5) is 27.7. The number of benzene rings is 1. The van der Waals surface area contributed by atoms with Crippen LogP contribution in [0.25, 0.3) is 10.9 Å². The van der Waals surface area contributed by atoms with E-state index >= 15 is 0 Å². The Bertz CT molecular complexity index is 631. The maximum absolute atomic E-state index is 11.7. The van der Waals surface area contributed by atoms with Crippen LogP contribution in [-0.2, 0) is 16.0 Å². The maximum Gasteiger partial charge on any atom is 0.219 e. The first kappa shape index (κ1) is 15.3. The van der Waals surface area contributed by atoms with Crippen molar-refractivity contribution in [2.75, 3.05) is 13.1 Å². The maximum atomic E-state index is 11.7. The van der Waals surface area contributed by atoms with Crippen molar-refractivity contribution in [3.05, 3.63) is 36.0 Å². The number of nitrogens with one attached hydrogen (secondary N) is 1. The lowest BCUT2D eigenvalue weighted by molar-refractivity contribution is -0.129. The average Bonchev–Trinajstić information content (AvgIpc) is 2.85. The van der Waals surface area contributed by atoms with Crippen LogP contribution in [0.15, 0.2) is 30.5 Å². The van der Waals surface area contributed by atoms with Crippen molar-refractivity contribution < 1.29 is 9.59 Å². The molecule has 0 atom stereocenters. The number of hydrogen-bond acceptors (Lipinski definition) is 2. The largest absolute Gasteiger partial charge is 0.361 e. The Hall–Kier alpha value is -2.10. The van der Waals surface area contributed by atoms with Crippen LogP contribution in [0.5, 0.6) is 0 Å². The lowest BCUT2D eigenvalue weighted by Crippen LogP contribution is -2.32. The molecule has 0 aliphatic rings. The van der Waals surface area contributed by atoms with E-state index in [1.165, 1.54) is 10.9 Å². The minimum Gasteiger partial charge on any atom is -0.361 e. The number of carbonyl (C=O) groups excluding carboxylic acids is 2. The molecule has 0 saturated carbocycles. The molecule has 2 aromatic rings. The predicted octanol–water partition coefficient (Wildman–Crippen LogP) is 2.93. The Morgan fingerprint density at radius 1 is 1.14 bits per heavy atom. The van der Waals surface area contributed by atoms with E-state index < -0.39 is 0 Å². The van der Waals surface area contributed by atoms with Gasteiger partial charge in [0.2, 0.25) is 5.91 Å². The number of amides is 1. The highest BCUT2D eigenvalue weighted by atomic mass is 16.2. The molecule has 1 aromatic heterocycles. The third kappa shape index (κ3) is 4.18. The van der Waals surface area contributed by atoms with Gasteiger partial charge in [-0.05, 0) is 31.4 Å². The van der Waals surface area contributed by atoms with Crippen molar-refractivity contribution in [1.82, 2.24) is 9.88 Å². The number of rotatable bonds is 7. The van der Waals surface area contributed by atoms with E-state index in [4.69, 9.17) is 0 Å². The van der Waals surface area contributed by atoms with E-state index in [1.807, 2.05) is 23.2 Å². The third-order valence-electron chi connectivity index (χ3n) is 3.73. The topological polar surface area (TPSA) is 53.2 Å². The summed E-state index contributed by atoms with van der Waals surface area (Å²) in [6, 6.07) is 8.17. The fourth-order valence-electron chi connectivity index (χ4n) is 2.54. The van der Waals surface area contributed by atoms with E-state index in [0.29, 0.717) is 19.5 Å². The fourth-order valence-corrected chi connectivity index (χ4v) is 2.54. The van der Waals surface area contributed by atoms with Gasteiger partial charge in [-0.1, -0.05) is 18.2 Å². The summed E-state index contributed by atoms with van der Waals surface area (Å²) in [5, 5.41) is 1.21. The number of H-pyrrole nitrogens is 1. The van der Waals surface area contributed by atoms with Gasteiger partial charge in [0.05, 0.1) is 0 Å². The summed E-state index contributed by atoms with van der Waals surface area (Å²) < 4.78 is 0. The van der Waals surface area contributed by atoms with Crippen molar-refractivity contribution in [2.45, 2.75) is 33.1 Å². The van der Waals surface area contributed by atoms with Crippen molar-refractivity contribution in [3.8, 4) is 0 Å². The number of para-hydroxylation sites is 1. The van der Waals surface area contributed by atoms with Crippen LogP contribution < -0.4 is 0 Å². The Labute approximate surface area is 125 Å². The van der Waals surface area contributed by atoms with Crippen LogP contribution >= 0.6 is 0 Å². The molecule has 1 amide bonds. The number of Topliss-reactive ketones (excluding diaryl/α,β-unsaturated/α-hetero) is 1. The summed E-state index contributed by atoms with van der Waals surface area (Å²) in [6.07, 6.45) is 4.11. The fraction of sp³-hybridized carbons (Fsp3) is 0.412. The van der Waals surface area contributed by atoms with E-state index in [2.05, 4.69) is 17.1 Å². The number of nitrogens with zero attached hydrogens (tertiary/aromatic N) is 1. The van der Waals surface area contributed by atoms with Crippen LogP contribution in [0.4, 0.5) is 0 Å². The van der Waals surface area contributed by atoms with Gasteiger partial charge in [0.15, 0.2) is 0 Å². The van der Waals surface area contributed by atoms with Crippen molar-refractivity contribution >= 4 is 22.6 Å². The lowest BCUT2D eigenvalue weighted by Gasteiger charge is -2.20. The van der Waals surface area contributed by atoms with Crippen LogP contribution in [0.1, 0.15) is 32.3 Å². The van der Waals surface area contributed by atoms with Gasteiger partial charge < -0.3 is 14.7 Å². The summed E-state index contributed by atoms with van der Waals surface area (Å²) in [6.45, 7) is 4.51. The molecular formula is C17H22N2O2. The third-order valence-corrected chi connectivity index (χ3v) is 3.73. The first-order valence-corrected chi connectivity index (χ1v) is 7.38. The molecule has 0 unspecified atom stereocenters. The smallest absolute Gasteiger partial charge is 0.219 e. The first-order valence-electron chi connectivity index (χ1n) is 7.38. The summed E-state index contributed by atoms with van der Waals surface area (Å²) in [5.74, 6) is 0.244. The van der Waals surface area contributed by atoms with E-state index in [0.717, 1.165) is 18.4 Å². The van der Waals surface area contributed by atoms with Gasteiger partial charge in [-0.3, -0.25) is 4.79 Å². The van der Waals surface area contributed by atoms with Crippen LogP contribution in [0, 0.1) is 0 Å². The standard InChI is InChI=1S/C17H22N2O2/c1-13(20)6-5-10-19(14(2)21)11-9-15-12-18-17-8-4-3-7-16(15)17/h3-4,7-8,12,18H,5-6,9-11H2,1-2H3. The zero-order valence-corrected chi connectivity index (χ0v) is 12.7. The van der Waals surface area contributed by atoms with Crippen LogP contribution in [-0.4, -0.2) is 34.7 Å². The number of ketones is 1. The molecule has 0 aliphatic heterocycles. The van der Waals surface area contributed by atoms with Gasteiger partial charge in [0, 0.05) is 43.5 Å². The Morgan fingerprint density at radius 3 is 2.62 bits per heavy atom. The quantitative estimate of drug-likeness (QED) is 0.851. The average molecular weight is 286 g/mol. The highest BCUT2D eigenvalue weighted by Gasteiger charge is 2.10. The zero-order valence-electron chi connectivity index (χ0n) is 12.7. The number of hydrogen-bond donors (Lipinski definition) is 1. The van der Waals surface area contributed by atoms with Gasteiger partial charge in [0.1, 0.15) is 5.78 Å². The van der Waals surface area contributed by atoms with E-state index in [-0.39, 0.29) is 11.7 Å². The van der Waals surface area contributed by atoms with E-state index in [1.54, 1.807) is 13.8 Å². The van der Waals surface area contributed by atoms with Gasteiger partial charge in [-0.15, -0.1) is 0 Å². The lowest BCUT2D eigenvalue weighted by atomic mass is 10.1. The van der Waals surface area contributed by atoms with Crippen LogP contribution in [0.2, 0.25) is 0 Å². The number of fused-ring (bicyclic) bond motifs is 1. The summed E-state index contributed by atoms with van der Waals surface area (Å²) >= 11 is 0. The number of aromatic nitrogens is 1. The molecule has 1 aromatic carbocycles. The molecule has 1 heterocycles. The van der Waals surface area contributed by atoms with Gasteiger partial charge in [-0.2, -0.15) is 0 Å². The molecule has 0 saturated heterocycles. The molecule has 4 nitrogen and oxygen atoms in total. The Balaban J connectivity index is 1.95. The van der Waals surface area contributed by atoms with Gasteiger partial charge in [-0.25, -0.2) is 0 Å². The highest BCUT2D eigenvalue weighted by Crippen LogP contribution is 2.18. The number of carbonyl (C=O) groups is 2. The molecule has 112 valence electrons. The minimum atomic E-state index is 0.0680.